The van der Waals surface area contributed by atoms with E-state index in [1.54, 1.807) is 66.5 Å². The SMILES string of the molecule is COc1cccc(C(=O)N2CCSC23C(=O)N(Cc2cccc(F)c2)c2ccc(OC)cc23)c1. The molecular weight excluding hydrogens is 455 g/mol. The zero-order valence-electron chi connectivity index (χ0n) is 18.8. The summed E-state index contributed by atoms with van der Waals surface area (Å²) in [6.07, 6.45) is 0. The minimum absolute atomic E-state index is 0.194. The number of fused-ring (bicyclic) bond motifs is 2. The summed E-state index contributed by atoms with van der Waals surface area (Å²) in [5.74, 6) is 0.932. The molecular formula is C26H23FN2O4S. The molecule has 1 saturated heterocycles. The Hall–Kier alpha value is -3.52. The molecule has 5 rings (SSSR count). The van der Waals surface area contributed by atoms with Crippen LogP contribution in [0.3, 0.4) is 0 Å². The smallest absolute Gasteiger partial charge is 0.268 e. The molecule has 0 bridgehead atoms. The van der Waals surface area contributed by atoms with Crippen LogP contribution in [-0.4, -0.2) is 43.2 Å². The van der Waals surface area contributed by atoms with E-state index in [0.717, 1.165) is 0 Å². The maximum absolute atomic E-state index is 14.1. The van der Waals surface area contributed by atoms with Crippen LogP contribution < -0.4 is 14.4 Å². The molecule has 0 radical (unpaired) electrons. The fourth-order valence-corrected chi connectivity index (χ4v) is 6.06. The van der Waals surface area contributed by atoms with E-state index in [0.29, 0.717) is 46.2 Å². The zero-order valence-corrected chi connectivity index (χ0v) is 19.6. The van der Waals surface area contributed by atoms with Crippen molar-refractivity contribution in [3.05, 3.63) is 89.2 Å². The van der Waals surface area contributed by atoms with E-state index in [4.69, 9.17) is 9.47 Å². The Morgan fingerprint density at radius 1 is 1.03 bits per heavy atom. The van der Waals surface area contributed by atoms with Gasteiger partial charge in [-0.25, -0.2) is 4.39 Å². The molecule has 1 fully saturated rings. The van der Waals surface area contributed by atoms with Gasteiger partial charge in [-0.1, -0.05) is 18.2 Å². The first-order valence-electron chi connectivity index (χ1n) is 10.8. The van der Waals surface area contributed by atoms with E-state index < -0.39 is 4.87 Å². The minimum atomic E-state index is -1.22. The third kappa shape index (κ3) is 3.49. The molecule has 8 heteroatoms. The Morgan fingerprint density at radius 2 is 1.79 bits per heavy atom. The van der Waals surface area contributed by atoms with Crippen molar-refractivity contribution in [1.29, 1.82) is 0 Å². The summed E-state index contributed by atoms with van der Waals surface area (Å²) >= 11 is 1.43. The van der Waals surface area contributed by atoms with Gasteiger partial charge in [0.1, 0.15) is 17.3 Å². The summed E-state index contributed by atoms with van der Waals surface area (Å²) in [6, 6.07) is 18.6. The fourth-order valence-electron chi connectivity index (χ4n) is 4.61. The number of hydrogen-bond acceptors (Lipinski definition) is 5. The first-order chi connectivity index (χ1) is 16.5. The number of carbonyl (C=O) groups is 2. The standard InChI is InChI=1S/C26H23FN2O4S/c1-32-20-8-4-6-18(14-20)24(30)29-11-12-34-26(29)22-15-21(33-2)9-10-23(22)28(25(26)31)16-17-5-3-7-19(27)13-17/h3-10,13-15H,11-12,16H2,1-2H3. The summed E-state index contributed by atoms with van der Waals surface area (Å²) in [5, 5.41) is 0. The Kier molecular flexibility index (Phi) is 5.69. The third-order valence-electron chi connectivity index (χ3n) is 6.19. The van der Waals surface area contributed by atoms with Gasteiger partial charge in [-0.2, -0.15) is 0 Å². The Bertz CT molecular complexity index is 1280. The van der Waals surface area contributed by atoms with Crippen LogP contribution in [0.4, 0.5) is 10.1 Å². The lowest BCUT2D eigenvalue weighted by Gasteiger charge is -2.33. The summed E-state index contributed by atoms with van der Waals surface area (Å²) in [4.78, 5) is 29.8. The highest BCUT2D eigenvalue weighted by atomic mass is 32.2. The molecule has 1 spiro atoms. The van der Waals surface area contributed by atoms with Crippen LogP contribution in [0, 0.1) is 5.82 Å². The van der Waals surface area contributed by atoms with Gasteiger partial charge in [0.05, 0.1) is 26.5 Å². The van der Waals surface area contributed by atoms with Crippen molar-refractivity contribution in [2.24, 2.45) is 0 Å². The van der Waals surface area contributed by atoms with Gasteiger partial charge in [0.25, 0.3) is 11.8 Å². The number of halogens is 1. The normalized spacial score (nSPS) is 19.0. The second-order valence-electron chi connectivity index (χ2n) is 8.09. The van der Waals surface area contributed by atoms with Crippen molar-refractivity contribution in [3.63, 3.8) is 0 Å². The summed E-state index contributed by atoms with van der Waals surface area (Å²) in [6.45, 7) is 0.607. The maximum atomic E-state index is 14.1. The number of ether oxygens (including phenoxy) is 2. The molecule has 1 unspecified atom stereocenters. The van der Waals surface area contributed by atoms with Gasteiger partial charge in [-0.05, 0) is 54.1 Å². The molecule has 0 aromatic heterocycles. The van der Waals surface area contributed by atoms with Crippen LogP contribution in [0.15, 0.2) is 66.7 Å². The summed E-state index contributed by atoms with van der Waals surface area (Å²) < 4.78 is 24.6. The van der Waals surface area contributed by atoms with Crippen molar-refractivity contribution in [3.8, 4) is 11.5 Å². The van der Waals surface area contributed by atoms with Crippen molar-refractivity contribution in [2.75, 3.05) is 31.4 Å². The van der Waals surface area contributed by atoms with Crippen LogP contribution in [0.2, 0.25) is 0 Å². The molecule has 3 aromatic rings. The molecule has 2 aliphatic heterocycles. The second kappa shape index (κ2) is 8.68. The zero-order chi connectivity index (χ0) is 23.9. The van der Waals surface area contributed by atoms with Crippen LogP contribution in [0.25, 0.3) is 0 Å². The molecule has 1 atom stereocenters. The monoisotopic (exact) mass is 478 g/mol. The maximum Gasteiger partial charge on any atom is 0.268 e. The highest BCUT2D eigenvalue weighted by molar-refractivity contribution is 8.01. The highest BCUT2D eigenvalue weighted by Gasteiger charge is 2.59. The second-order valence-corrected chi connectivity index (χ2v) is 9.37. The Labute approximate surface area is 201 Å². The number of hydrogen-bond donors (Lipinski definition) is 0. The lowest BCUT2D eigenvalue weighted by Crippen LogP contribution is -2.50. The number of methoxy groups -OCH3 is 2. The van der Waals surface area contributed by atoms with Gasteiger partial charge < -0.3 is 19.3 Å². The summed E-state index contributed by atoms with van der Waals surface area (Å²) in [7, 11) is 3.11. The molecule has 174 valence electrons. The average molecular weight is 479 g/mol. The van der Waals surface area contributed by atoms with Crippen molar-refractivity contribution in [2.45, 2.75) is 11.4 Å². The van der Waals surface area contributed by atoms with E-state index in [9.17, 15) is 14.0 Å². The molecule has 2 aliphatic rings. The number of carbonyl (C=O) groups excluding carboxylic acids is 2. The number of thioether (sulfide) groups is 1. The number of amides is 2. The topological polar surface area (TPSA) is 59.1 Å². The summed E-state index contributed by atoms with van der Waals surface area (Å²) in [5.41, 5.74) is 2.50. The van der Waals surface area contributed by atoms with E-state index >= 15 is 0 Å². The number of rotatable bonds is 5. The molecule has 3 aromatic carbocycles. The first-order valence-corrected chi connectivity index (χ1v) is 11.8. The van der Waals surface area contributed by atoms with E-state index in [1.807, 2.05) is 12.1 Å². The predicted octanol–water partition coefficient (Wildman–Crippen LogP) is 4.43. The molecule has 2 heterocycles. The largest absolute Gasteiger partial charge is 0.497 e. The molecule has 34 heavy (non-hydrogen) atoms. The molecule has 0 aliphatic carbocycles. The third-order valence-corrected chi connectivity index (χ3v) is 7.61. The van der Waals surface area contributed by atoms with Crippen molar-refractivity contribution < 1.29 is 23.5 Å². The van der Waals surface area contributed by atoms with E-state index in [2.05, 4.69) is 0 Å². The van der Waals surface area contributed by atoms with Gasteiger partial charge in [0, 0.05) is 23.4 Å². The molecule has 2 amide bonds. The Morgan fingerprint density at radius 3 is 2.56 bits per heavy atom. The average Bonchev–Trinajstić information content (AvgIpc) is 3.40. The van der Waals surface area contributed by atoms with Gasteiger partial charge >= 0.3 is 0 Å². The molecule has 0 saturated carbocycles. The lowest BCUT2D eigenvalue weighted by atomic mass is 10.0. The van der Waals surface area contributed by atoms with Crippen LogP contribution >= 0.6 is 11.8 Å². The molecule has 0 N–H and O–H groups in total. The van der Waals surface area contributed by atoms with Crippen LogP contribution in [-0.2, 0) is 16.2 Å². The van der Waals surface area contributed by atoms with Crippen LogP contribution in [0.5, 0.6) is 11.5 Å². The number of nitrogens with zero attached hydrogens (tertiary/aromatic N) is 2. The lowest BCUT2D eigenvalue weighted by molar-refractivity contribution is -0.123. The van der Waals surface area contributed by atoms with Crippen molar-refractivity contribution in [1.82, 2.24) is 4.90 Å². The van der Waals surface area contributed by atoms with E-state index in [-0.39, 0.29) is 24.2 Å². The van der Waals surface area contributed by atoms with Crippen LogP contribution in [0.1, 0.15) is 21.5 Å². The van der Waals surface area contributed by atoms with Gasteiger partial charge in [-0.3, -0.25) is 9.59 Å². The highest BCUT2D eigenvalue weighted by Crippen LogP contribution is 2.55. The quantitative estimate of drug-likeness (QED) is 0.543. The predicted molar refractivity (Wildman–Crippen MR) is 129 cm³/mol. The fraction of sp³-hybridized carbons (Fsp3) is 0.231. The number of benzene rings is 3. The molecule has 6 nitrogen and oxygen atoms in total. The van der Waals surface area contributed by atoms with Gasteiger partial charge in [0.2, 0.25) is 0 Å². The minimum Gasteiger partial charge on any atom is -0.497 e. The van der Waals surface area contributed by atoms with Crippen molar-refractivity contribution >= 4 is 29.3 Å². The van der Waals surface area contributed by atoms with E-state index in [1.165, 1.54) is 23.9 Å². The van der Waals surface area contributed by atoms with Gasteiger partial charge in [0.15, 0.2) is 4.87 Å². The Balaban J connectivity index is 1.60. The van der Waals surface area contributed by atoms with Gasteiger partial charge in [-0.15, -0.1) is 11.8 Å². The number of anilines is 1. The first kappa shape index (κ1) is 22.3.